The zero-order chi connectivity index (χ0) is 11.8. The maximum Gasteiger partial charge on any atom is 0.0597 e. The van der Waals surface area contributed by atoms with Crippen molar-refractivity contribution in [3.05, 3.63) is 35.0 Å². The molecule has 0 aliphatic heterocycles. The second-order valence-electron chi connectivity index (χ2n) is 4.02. The average Bonchev–Trinajstić information content (AvgIpc) is 2.70. The monoisotopic (exact) mass is 239 g/mol. The van der Waals surface area contributed by atoms with E-state index in [1.807, 2.05) is 6.08 Å². The Hall–Kier alpha value is -0.640. The van der Waals surface area contributed by atoms with Crippen LogP contribution in [0.5, 0.6) is 0 Å². The third-order valence-corrected chi connectivity index (χ3v) is 3.07. The first kappa shape index (κ1) is 13.4. The van der Waals surface area contributed by atoms with E-state index in [-0.39, 0.29) is 0 Å². The van der Waals surface area contributed by atoms with Crippen molar-refractivity contribution in [2.24, 2.45) is 0 Å². The summed E-state index contributed by atoms with van der Waals surface area (Å²) in [4.78, 5) is 3.74. The molecule has 0 radical (unpaired) electrons. The fourth-order valence-electron chi connectivity index (χ4n) is 1.46. The number of hydrogen-bond donors (Lipinski definition) is 0. The van der Waals surface area contributed by atoms with E-state index in [4.69, 9.17) is 4.74 Å². The predicted octanol–water partition coefficient (Wildman–Crippen LogP) is 3.16. The lowest BCUT2D eigenvalue weighted by atomic mass is 10.4. The van der Waals surface area contributed by atoms with Gasteiger partial charge in [-0.15, -0.1) is 17.9 Å². The van der Waals surface area contributed by atoms with Crippen molar-refractivity contribution in [3.63, 3.8) is 0 Å². The molecule has 0 N–H and O–H groups in total. The molecular formula is C13H21NOS. The van der Waals surface area contributed by atoms with E-state index >= 15 is 0 Å². The fourth-order valence-corrected chi connectivity index (χ4v) is 2.20. The van der Waals surface area contributed by atoms with Gasteiger partial charge in [-0.1, -0.05) is 12.1 Å². The molecule has 1 heterocycles. The smallest absolute Gasteiger partial charge is 0.0597 e. The molecule has 0 saturated carbocycles. The minimum Gasteiger partial charge on any atom is -0.377 e. The molecule has 0 aromatic carbocycles. The van der Waals surface area contributed by atoms with Crippen LogP contribution in [-0.2, 0) is 11.3 Å². The van der Waals surface area contributed by atoms with Gasteiger partial charge in [-0.3, -0.25) is 4.90 Å². The van der Waals surface area contributed by atoms with Crippen LogP contribution in [0.15, 0.2) is 30.2 Å². The van der Waals surface area contributed by atoms with Crippen molar-refractivity contribution in [2.45, 2.75) is 26.5 Å². The number of rotatable bonds is 8. The second kappa shape index (κ2) is 7.60. The number of thiophene rings is 1. The Balaban J connectivity index is 2.32. The normalized spacial score (nSPS) is 11.2. The molecule has 1 aromatic heterocycles. The van der Waals surface area contributed by atoms with Gasteiger partial charge >= 0.3 is 0 Å². The molecular weight excluding hydrogens is 218 g/mol. The summed E-state index contributed by atoms with van der Waals surface area (Å²) < 4.78 is 5.57. The largest absolute Gasteiger partial charge is 0.377 e. The molecule has 0 fully saturated rings. The van der Waals surface area contributed by atoms with E-state index in [1.54, 1.807) is 11.3 Å². The van der Waals surface area contributed by atoms with Crippen LogP contribution in [0.2, 0.25) is 0 Å². The lowest BCUT2D eigenvalue weighted by molar-refractivity contribution is 0.0600. The van der Waals surface area contributed by atoms with E-state index in [9.17, 15) is 0 Å². The summed E-state index contributed by atoms with van der Waals surface area (Å²) in [6.45, 7) is 11.6. The molecule has 0 aliphatic rings. The molecule has 0 aliphatic carbocycles. The van der Waals surface area contributed by atoms with Crippen molar-refractivity contribution in [2.75, 3.05) is 19.7 Å². The molecule has 2 nitrogen and oxygen atoms in total. The molecule has 1 aromatic rings. The lowest BCUT2D eigenvalue weighted by Crippen LogP contribution is -2.27. The van der Waals surface area contributed by atoms with E-state index < -0.39 is 0 Å². The van der Waals surface area contributed by atoms with Gasteiger partial charge in [-0.05, 0) is 25.3 Å². The minimum absolute atomic E-state index is 0.312. The first-order valence-electron chi connectivity index (χ1n) is 5.69. The van der Waals surface area contributed by atoms with Crippen LogP contribution in [0, 0.1) is 0 Å². The molecule has 0 unspecified atom stereocenters. The van der Waals surface area contributed by atoms with Crippen molar-refractivity contribution in [3.8, 4) is 0 Å². The topological polar surface area (TPSA) is 12.5 Å². The summed E-state index contributed by atoms with van der Waals surface area (Å²) in [5.74, 6) is 0. The quantitative estimate of drug-likeness (QED) is 0.646. The van der Waals surface area contributed by atoms with Crippen molar-refractivity contribution >= 4 is 11.3 Å². The number of hydrogen-bond acceptors (Lipinski definition) is 3. The summed E-state index contributed by atoms with van der Waals surface area (Å²) in [6.07, 6.45) is 2.26. The minimum atomic E-state index is 0.312. The highest BCUT2D eigenvalue weighted by molar-refractivity contribution is 7.09. The van der Waals surface area contributed by atoms with Crippen LogP contribution in [0.1, 0.15) is 18.7 Å². The Bertz CT molecular complexity index is 282. The summed E-state index contributed by atoms with van der Waals surface area (Å²) in [5, 5.41) is 2.12. The van der Waals surface area contributed by atoms with Crippen molar-refractivity contribution < 1.29 is 4.74 Å². The molecule has 90 valence electrons. The molecule has 0 bridgehead atoms. The Labute approximate surface area is 103 Å². The maximum atomic E-state index is 5.57. The second-order valence-corrected chi connectivity index (χ2v) is 5.05. The predicted molar refractivity (Wildman–Crippen MR) is 70.9 cm³/mol. The Morgan fingerprint density at radius 3 is 2.94 bits per heavy atom. The van der Waals surface area contributed by atoms with Gasteiger partial charge in [0.1, 0.15) is 0 Å². The van der Waals surface area contributed by atoms with Gasteiger partial charge in [0.2, 0.25) is 0 Å². The van der Waals surface area contributed by atoms with Crippen LogP contribution in [0.4, 0.5) is 0 Å². The van der Waals surface area contributed by atoms with Crippen LogP contribution >= 0.6 is 11.3 Å². The third-order valence-electron chi connectivity index (χ3n) is 2.21. The van der Waals surface area contributed by atoms with Gasteiger partial charge in [0.15, 0.2) is 0 Å². The standard InChI is InChI=1S/C13H21NOS/c1-4-7-14(8-9-15-12(2)3)11-13-6-5-10-16-13/h4-6,10,12H,1,7-9,11H2,2-3H3. The van der Waals surface area contributed by atoms with Crippen molar-refractivity contribution in [1.82, 2.24) is 4.90 Å². The Morgan fingerprint density at radius 1 is 1.56 bits per heavy atom. The highest BCUT2D eigenvalue weighted by Crippen LogP contribution is 2.11. The third kappa shape index (κ3) is 5.45. The summed E-state index contributed by atoms with van der Waals surface area (Å²) in [7, 11) is 0. The highest BCUT2D eigenvalue weighted by Gasteiger charge is 2.05. The van der Waals surface area contributed by atoms with E-state index in [0.29, 0.717) is 6.10 Å². The Morgan fingerprint density at radius 2 is 2.38 bits per heavy atom. The van der Waals surface area contributed by atoms with E-state index in [1.165, 1.54) is 4.88 Å². The van der Waals surface area contributed by atoms with Crippen LogP contribution in [0.3, 0.4) is 0 Å². The summed E-state index contributed by atoms with van der Waals surface area (Å²) >= 11 is 1.80. The first-order valence-corrected chi connectivity index (χ1v) is 6.57. The van der Waals surface area contributed by atoms with E-state index in [0.717, 1.165) is 26.2 Å². The van der Waals surface area contributed by atoms with Gasteiger partial charge in [-0.2, -0.15) is 0 Å². The highest BCUT2D eigenvalue weighted by atomic mass is 32.1. The van der Waals surface area contributed by atoms with Crippen molar-refractivity contribution in [1.29, 1.82) is 0 Å². The van der Waals surface area contributed by atoms with Gasteiger partial charge < -0.3 is 4.74 Å². The molecule has 0 saturated heterocycles. The summed E-state index contributed by atoms with van der Waals surface area (Å²) in [5.41, 5.74) is 0. The van der Waals surface area contributed by atoms with Crippen LogP contribution in [-0.4, -0.2) is 30.7 Å². The van der Waals surface area contributed by atoms with Gasteiger partial charge in [0, 0.05) is 24.5 Å². The molecule has 1 rings (SSSR count). The zero-order valence-electron chi connectivity index (χ0n) is 10.2. The van der Waals surface area contributed by atoms with Crippen LogP contribution < -0.4 is 0 Å². The molecule has 0 spiro atoms. The summed E-state index contributed by atoms with van der Waals surface area (Å²) in [6, 6.07) is 4.26. The van der Waals surface area contributed by atoms with E-state index in [2.05, 4.69) is 42.8 Å². The van der Waals surface area contributed by atoms with Gasteiger partial charge in [-0.25, -0.2) is 0 Å². The number of nitrogens with zero attached hydrogens (tertiary/aromatic N) is 1. The van der Waals surface area contributed by atoms with Gasteiger partial charge in [0.25, 0.3) is 0 Å². The lowest BCUT2D eigenvalue weighted by Gasteiger charge is -2.20. The maximum absolute atomic E-state index is 5.57. The SMILES string of the molecule is C=CCN(CCOC(C)C)Cc1cccs1. The first-order chi connectivity index (χ1) is 7.72. The van der Waals surface area contributed by atoms with Gasteiger partial charge in [0.05, 0.1) is 12.7 Å². The number of ether oxygens (including phenoxy) is 1. The average molecular weight is 239 g/mol. The molecule has 16 heavy (non-hydrogen) atoms. The zero-order valence-corrected chi connectivity index (χ0v) is 11.0. The molecule has 0 amide bonds. The molecule has 3 heteroatoms. The Kier molecular flexibility index (Phi) is 6.38. The fraction of sp³-hybridized carbons (Fsp3) is 0.538. The van der Waals surface area contributed by atoms with Crippen LogP contribution in [0.25, 0.3) is 0 Å². The molecule has 0 atom stereocenters.